The van der Waals surface area contributed by atoms with Gasteiger partial charge in [-0.15, -0.1) is 0 Å². The molecule has 1 aromatic rings. The summed E-state index contributed by atoms with van der Waals surface area (Å²) in [5.74, 6) is -0.205. The van der Waals surface area contributed by atoms with Crippen molar-refractivity contribution in [1.29, 1.82) is 0 Å². The number of rotatable bonds is 2. The van der Waals surface area contributed by atoms with Gasteiger partial charge in [0, 0.05) is 12.3 Å². The first-order chi connectivity index (χ1) is 7.68. The molecule has 0 bridgehead atoms. The maximum atomic E-state index is 11.7. The molecule has 1 aliphatic rings. The Hall–Kier alpha value is -1.64. The number of carbonyl (C=O) groups excluding carboxylic acids is 2. The highest BCUT2D eigenvalue weighted by atomic mass is 16.2. The maximum absolute atomic E-state index is 11.7. The van der Waals surface area contributed by atoms with Gasteiger partial charge < -0.3 is 0 Å². The summed E-state index contributed by atoms with van der Waals surface area (Å²) in [6.07, 6.45) is 1.11. The lowest BCUT2D eigenvalue weighted by molar-refractivity contribution is -0.136. The van der Waals surface area contributed by atoms with E-state index in [4.69, 9.17) is 0 Å². The highest BCUT2D eigenvalue weighted by molar-refractivity contribution is 5.99. The number of hydrogen-bond acceptors (Lipinski definition) is 2. The van der Waals surface area contributed by atoms with Gasteiger partial charge in [0.1, 0.15) is 0 Å². The second-order valence-electron chi connectivity index (χ2n) is 4.26. The van der Waals surface area contributed by atoms with E-state index in [-0.39, 0.29) is 23.7 Å². The molecule has 2 amide bonds. The van der Waals surface area contributed by atoms with E-state index >= 15 is 0 Å². The van der Waals surface area contributed by atoms with E-state index in [1.165, 1.54) is 0 Å². The molecule has 0 radical (unpaired) electrons. The van der Waals surface area contributed by atoms with Gasteiger partial charge in [-0.25, -0.2) is 0 Å². The van der Waals surface area contributed by atoms with Gasteiger partial charge >= 0.3 is 0 Å². The summed E-state index contributed by atoms with van der Waals surface area (Å²) < 4.78 is 0. The van der Waals surface area contributed by atoms with E-state index in [2.05, 4.69) is 5.32 Å². The minimum absolute atomic E-state index is 0.0832. The Kier molecular flexibility index (Phi) is 3.04. The van der Waals surface area contributed by atoms with Crippen LogP contribution in [0.15, 0.2) is 30.3 Å². The Morgan fingerprint density at radius 2 is 1.94 bits per heavy atom. The number of hydrogen-bond donors (Lipinski definition) is 1. The molecule has 1 fully saturated rings. The minimum Gasteiger partial charge on any atom is -0.296 e. The van der Waals surface area contributed by atoms with Gasteiger partial charge in [0.05, 0.1) is 0 Å². The van der Waals surface area contributed by atoms with Crippen molar-refractivity contribution < 1.29 is 9.59 Å². The van der Waals surface area contributed by atoms with Crippen LogP contribution in [0.3, 0.4) is 0 Å². The molecule has 1 N–H and O–H groups in total. The largest absolute Gasteiger partial charge is 0.296 e. The van der Waals surface area contributed by atoms with Crippen LogP contribution in [0.4, 0.5) is 0 Å². The molecule has 1 aromatic carbocycles. The monoisotopic (exact) mass is 217 g/mol. The van der Waals surface area contributed by atoms with Crippen LogP contribution in [0.1, 0.15) is 31.2 Å². The van der Waals surface area contributed by atoms with Crippen molar-refractivity contribution in [3.8, 4) is 0 Å². The number of carbonyl (C=O) groups is 2. The van der Waals surface area contributed by atoms with E-state index in [0.29, 0.717) is 12.8 Å². The Morgan fingerprint density at radius 1 is 1.25 bits per heavy atom. The lowest BCUT2D eigenvalue weighted by atomic mass is 9.82. The molecule has 16 heavy (non-hydrogen) atoms. The average Bonchev–Trinajstić information content (AvgIpc) is 2.29. The van der Waals surface area contributed by atoms with Crippen molar-refractivity contribution in [2.75, 3.05) is 0 Å². The van der Waals surface area contributed by atoms with Crippen molar-refractivity contribution in [1.82, 2.24) is 5.32 Å². The lowest BCUT2D eigenvalue weighted by Crippen LogP contribution is -2.42. The normalized spacial score (nSPS) is 22.7. The van der Waals surface area contributed by atoms with Crippen molar-refractivity contribution in [2.24, 2.45) is 5.92 Å². The molecule has 0 aliphatic carbocycles. The molecule has 0 aromatic heterocycles. The second-order valence-corrected chi connectivity index (χ2v) is 4.26. The number of nitrogens with one attached hydrogen (secondary N) is 1. The zero-order chi connectivity index (χ0) is 11.5. The zero-order valence-electron chi connectivity index (χ0n) is 9.27. The molecule has 1 heterocycles. The van der Waals surface area contributed by atoms with E-state index in [0.717, 1.165) is 5.56 Å². The molecule has 1 saturated heterocycles. The average molecular weight is 217 g/mol. The summed E-state index contributed by atoms with van der Waals surface area (Å²) in [5, 5.41) is 2.40. The van der Waals surface area contributed by atoms with Gasteiger partial charge in [-0.1, -0.05) is 37.3 Å². The molecular formula is C13H15NO2. The van der Waals surface area contributed by atoms with E-state index < -0.39 is 0 Å². The van der Waals surface area contributed by atoms with Crippen LogP contribution in [0.5, 0.6) is 0 Å². The van der Waals surface area contributed by atoms with E-state index in [9.17, 15) is 9.59 Å². The van der Waals surface area contributed by atoms with Gasteiger partial charge in [0.25, 0.3) is 0 Å². The van der Waals surface area contributed by atoms with Crippen molar-refractivity contribution in [3.05, 3.63) is 35.9 Å². The zero-order valence-corrected chi connectivity index (χ0v) is 9.27. The third-order valence-corrected chi connectivity index (χ3v) is 3.21. The highest BCUT2D eigenvalue weighted by Gasteiger charge is 2.31. The quantitative estimate of drug-likeness (QED) is 0.768. The van der Waals surface area contributed by atoms with E-state index in [1.807, 2.05) is 37.3 Å². The fourth-order valence-corrected chi connectivity index (χ4v) is 2.18. The van der Waals surface area contributed by atoms with Gasteiger partial charge in [-0.3, -0.25) is 14.9 Å². The molecule has 2 atom stereocenters. The molecule has 2 rings (SSSR count). The molecule has 84 valence electrons. The topological polar surface area (TPSA) is 46.2 Å². The fraction of sp³-hybridized carbons (Fsp3) is 0.385. The van der Waals surface area contributed by atoms with Crippen molar-refractivity contribution in [2.45, 2.75) is 25.7 Å². The SMILES string of the molecule is C[C@@H](c1ccccc1)C1CCC(=O)NC1=O. The number of amides is 2. The molecular weight excluding hydrogens is 202 g/mol. The standard InChI is InChI=1S/C13H15NO2/c1-9(10-5-3-2-4-6-10)11-7-8-12(15)14-13(11)16/h2-6,9,11H,7-8H2,1H3,(H,14,15,16)/t9-,11?/m0/s1. The smallest absolute Gasteiger partial charge is 0.230 e. The lowest BCUT2D eigenvalue weighted by Gasteiger charge is -2.26. The summed E-state index contributed by atoms with van der Waals surface area (Å²) in [4.78, 5) is 22.7. The van der Waals surface area contributed by atoms with E-state index in [1.54, 1.807) is 0 Å². The van der Waals surface area contributed by atoms with Crippen LogP contribution < -0.4 is 5.32 Å². The Labute approximate surface area is 94.9 Å². The van der Waals surface area contributed by atoms with Gasteiger partial charge in [-0.05, 0) is 17.9 Å². The summed E-state index contributed by atoms with van der Waals surface area (Å²) in [5.41, 5.74) is 1.15. The third-order valence-electron chi connectivity index (χ3n) is 3.21. The Bertz CT molecular complexity index is 400. The predicted octanol–water partition coefficient (Wildman–Crippen LogP) is 1.84. The number of imide groups is 1. The third kappa shape index (κ3) is 2.13. The molecule has 0 spiro atoms. The Balaban J connectivity index is 2.13. The minimum atomic E-state index is -0.151. The molecule has 3 heteroatoms. The Morgan fingerprint density at radius 3 is 2.56 bits per heavy atom. The second kappa shape index (κ2) is 4.47. The van der Waals surface area contributed by atoms with Crippen molar-refractivity contribution in [3.63, 3.8) is 0 Å². The highest BCUT2D eigenvalue weighted by Crippen LogP contribution is 2.29. The van der Waals surface area contributed by atoms with Crippen LogP contribution in [0.25, 0.3) is 0 Å². The summed E-state index contributed by atoms with van der Waals surface area (Å²) in [6, 6.07) is 9.94. The summed E-state index contributed by atoms with van der Waals surface area (Å²) in [7, 11) is 0. The molecule has 1 unspecified atom stereocenters. The van der Waals surface area contributed by atoms with Gasteiger partial charge in [0.15, 0.2) is 0 Å². The predicted molar refractivity (Wildman–Crippen MR) is 60.7 cm³/mol. The molecule has 1 aliphatic heterocycles. The van der Waals surface area contributed by atoms with Crippen LogP contribution in [0.2, 0.25) is 0 Å². The first-order valence-corrected chi connectivity index (χ1v) is 5.57. The van der Waals surface area contributed by atoms with Crippen LogP contribution in [-0.4, -0.2) is 11.8 Å². The van der Waals surface area contributed by atoms with Crippen LogP contribution in [0, 0.1) is 5.92 Å². The summed E-state index contributed by atoms with van der Waals surface area (Å²) in [6.45, 7) is 2.04. The number of piperidine rings is 1. The summed E-state index contributed by atoms with van der Waals surface area (Å²) >= 11 is 0. The maximum Gasteiger partial charge on any atom is 0.230 e. The van der Waals surface area contributed by atoms with Crippen LogP contribution in [-0.2, 0) is 9.59 Å². The molecule has 3 nitrogen and oxygen atoms in total. The van der Waals surface area contributed by atoms with Crippen LogP contribution >= 0.6 is 0 Å². The first kappa shape index (κ1) is 10.9. The van der Waals surface area contributed by atoms with Gasteiger partial charge in [-0.2, -0.15) is 0 Å². The molecule has 0 saturated carbocycles. The first-order valence-electron chi connectivity index (χ1n) is 5.57. The fourth-order valence-electron chi connectivity index (χ4n) is 2.18. The number of benzene rings is 1. The van der Waals surface area contributed by atoms with Crippen molar-refractivity contribution >= 4 is 11.8 Å². The van der Waals surface area contributed by atoms with Gasteiger partial charge in [0.2, 0.25) is 11.8 Å².